The number of hydrogen-bond donors (Lipinski definition) is 2. The lowest BCUT2D eigenvalue weighted by atomic mass is 9.84. The molecule has 17 heavy (non-hydrogen) atoms. The van der Waals surface area contributed by atoms with Crippen molar-refractivity contribution in [3.05, 3.63) is 29.8 Å². The topological polar surface area (TPSA) is 52.0 Å². The van der Waals surface area contributed by atoms with Gasteiger partial charge in [-0.3, -0.25) is 0 Å². The molecule has 1 aromatic carbocycles. The minimum Gasteiger partial charge on any atom is -0.330 e. The molecule has 2 nitrogen and oxygen atoms in total. The van der Waals surface area contributed by atoms with E-state index in [4.69, 9.17) is 11.5 Å². The maximum atomic E-state index is 6.22. The molecule has 96 valence electrons. The van der Waals surface area contributed by atoms with Crippen LogP contribution in [-0.4, -0.2) is 12.3 Å². The number of hydrogen-bond acceptors (Lipinski definition) is 3. The summed E-state index contributed by atoms with van der Waals surface area (Å²) in [6, 6.07) is 8.65. The summed E-state index contributed by atoms with van der Waals surface area (Å²) in [5.41, 5.74) is 13.3. The molecule has 0 fully saturated rings. The van der Waals surface area contributed by atoms with Gasteiger partial charge in [-0.1, -0.05) is 32.9 Å². The molecule has 4 N–H and O–H groups in total. The van der Waals surface area contributed by atoms with Gasteiger partial charge < -0.3 is 11.5 Å². The van der Waals surface area contributed by atoms with E-state index in [0.29, 0.717) is 6.54 Å². The van der Waals surface area contributed by atoms with E-state index < -0.39 is 0 Å². The zero-order valence-electron chi connectivity index (χ0n) is 11.1. The van der Waals surface area contributed by atoms with Crippen LogP contribution in [0.25, 0.3) is 0 Å². The van der Waals surface area contributed by atoms with Crippen LogP contribution in [-0.2, 0) is 0 Å². The normalized spacial score (nSPS) is 13.7. The number of nitrogens with two attached hydrogens (primary N) is 2. The first-order valence-electron chi connectivity index (χ1n) is 6.17. The maximum absolute atomic E-state index is 6.22. The van der Waals surface area contributed by atoms with Crippen molar-refractivity contribution in [2.45, 2.75) is 38.1 Å². The zero-order chi connectivity index (χ0) is 12.9. The molecule has 0 spiro atoms. The van der Waals surface area contributed by atoms with Crippen molar-refractivity contribution in [2.24, 2.45) is 16.9 Å². The Morgan fingerprint density at radius 3 is 2.29 bits per heavy atom. The van der Waals surface area contributed by atoms with Gasteiger partial charge in [0.1, 0.15) is 0 Å². The minimum atomic E-state index is 0.0780. The molecule has 0 saturated heterocycles. The van der Waals surface area contributed by atoms with Crippen LogP contribution in [0, 0.1) is 5.41 Å². The first-order valence-corrected chi connectivity index (χ1v) is 7.15. The summed E-state index contributed by atoms with van der Waals surface area (Å²) in [6.45, 7) is 7.15. The Bertz CT molecular complexity index is 333. The first-order chi connectivity index (χ1) is 7.98. The highest BCUT2D eigenvalue weighted by Crippen LogP contribution is 2.28. The number of thioether (sulfide) groups is 1. The Kier molecular flexibility index (Phi) is 5.50. The van der Waals surface area contributed by atoms with Crippen molar-refractivity contribution in [1.82, 2.24) is 0 Å². The van der Waals surface area contributed by atoms with E-state index in [9.17, 15) is 0 Å². The fourth-order valence-corrected chi connectivity index (χ4v) is 2.44. The monoisotopic (exact) mass is 252 g/mol. The van der Waals surface area contributed by atoms with Crippen LogP contribution in [0.5, 0.6) is 0 Å². The fraction of sp³-hybridized carbons (Fsp3) is 0.571. The molecule has 0 aliphatic heterocycles. The minimum absolute atomic E-state index is 0.0780. The molecule has 0 heterocycles. The molecule has 0 aromatic heterocycles. The molecule has 1 unspecified atom stereocenters. The molecule has 1 aromatic rings. The molecule has 0 aliphatic rings. The van der Waals surface area contributed by atoms with Crippen LogP contribution in [0.1, 0.15) is 38.8 Å². The highest BCUT2D eigenvalue weighted by Gasteiger charge is 2.20. The predicted molar refractivity (Wildman–Crippen MR) is 77.2 cm³/mol. The second-order valence-electron chi connectivity index (χ2n) is 5.18. The molecule has 0 bridgehead atoms. The van der Waals surface area contributed by atoms with Crippen LogP contribution in [0.3, 0.4) is 0 Å². The summed E-state index contributed by atoms with van der Waals surface area (Å²) in [6.07, 6.45) is 0.920. The third kappa shape index (κ3) is 4.70. The van der Waals surface area contributed by atoms with Crippen LogP contribution in [0.2, 0.25) is 0 Å². The largest absolute Gasteiger partial charge is 0.330 e. The van der Waals surface area contributed by atoms with Gasteiger partial charge >= 0.3 is 0 Å². The van der Waals surface area contributed by atoms with Gasteiger partial charge in [-0.2, -0.15) is 0 Å². The van der Waals surface area contributed by atoms with Crippen molar-refractivity contribution < 1.29 is 0 Å². The van der Waals surface area contributed by atoms with Crippen molar-refractivity contribution in [1.29, 1.82) is 0 Å². The van der Waals surface area contributed by atoms with Gasteiger partial charge in [0, 0.05) is 10.9 Å². The highest BCUT2D eigenvalue weighted by molar-refractivity contribution is 7.99. The smallest absolute Gasteiger partial charge is 0.0300 e. The molecule has 1 atom stereocenters. The molecule has 0 aliphatic carbocycles. The van der Waals surface area contributed by atoms with Gasteiger partial charge in [-0.15, -0.1) is 11.8 Å². The predicted octanol–water partition coefficient (Wildman–Crippen LogP) is 3.17. The molecule has 0 radical (unpaired) electrons. The summed E-state index contributed by atoms with van der Waals surface area (Å²) >= 11 is 1.85. The summed E-state index contributed by atoms with van der Waals surface area (Å²) in [5, 5.41) is 0. The van der Waals surface area contributed by atoms with Crippen LogP contribution >= 0.6 is 11.8 Å². The quantitative estimate of drug-likeness (QED) is 0.765. The van der Waals surface area contributed by atoms with Crippen molar-refractivity contribution >= 4 is 11.8 Å². The van der Waals surface area contributed by atoms with E-state index in [-0.39, 0.29) is 11.5 Å². The average molecular weight is 252 g/mol. The lowest BCUT2D eigenvalue weighted by Gasteiger charge is -2.26. The van der Waals surface area contributed by atoms with Crippen LogP contribution < -0.4 is 11.5 Å². The second kappa shape index (κ2) is 6.43. The molecule has 1 rings (SSSR count). The Morgan fingerprint density at radius 1 is 1.24 bits per heavy atom. The number of rotatable bonds is 6. The lowest BCUT2D eigenvalue weighted by Crippen LogP contribution is -2.28. The van der Waals surface area contributed by atoms with Gasteiger partial charge in [0.05, 0.1) is 0 Å². The third-order valence-corrected chi connectivity index (χ3v) is 3.84. The van der Waals surface area contributed by atoms with E-state index >= 15 is 0 Å². The summed E-state index contributed by atoms with van der Waals surface area (Å²) in [5.74, 6) is 1.10. The van der Waals surface area contributed by atoms with Gasteiger partial charge in [0.25, 0.3) is 0 Å². The summed E-state index contributed by atoms with van der Waals surface area (Å²) < 4.78 is 0. The van der Waals surface area contributed by atoms with Crippen molar-refractivity contribution in [3.63, 3.8) is 0 Å². The van der Waals surface area contributed by atoms with Crippen LogP contribution in [0.4, 0.5) is 0 Å². The molecule has 0 amide bonds. The zero-order valence-corrected chi connectivity index (χ0v) is 11.9. The van der Waals surface area contributed by atoms with Gasteiger partial charge in [-0.25, -0.2) is 0 Å². The van der Waals surface area contributed by atoms with Gasteiger partial charge in [-0.05, 0) is 41.8 Å². The molecular formula is C14H24N2S. The van der Waals surface area contributed by atoms with E-state index in [2.05, 4.69) is 45.0 Å². The van der Waals surface area contributed by atoms with Crippen molar-refractivity contribution in [2.75, 3.05) is 12.3 Å². The molecular weight excluding hydrogens is 228 g/mol. The Balaban J connectivity index is 2.66. The third-order valence-electron chi connectivity index (χ3n) is 2.94. The first kappa shape index (κ1) is 14.6. The van der Waals surface area contributed by atoms with E-state index in [0.717, 1.165) is 12.2 Å². The SMILES string of the molecule is CCSc1ccc(C(N)CC(C)(C)CN)cc1. The summed E-state index contributed by atoms with van der Waals surface area (Å²) in [7, 11) is 0. The lowest BCUT2D eigenvalue weighted by molar-refractivity contribution is 0.317. The molecule has 0 saturated carbocycles. The number of benzene rings is 1. The van der Waals surface area contributed by atoms with E-state index in [1.165, 1.54) is 10.5 Å². The Labute approximate surface area is 109 Å². The Hall–Kier alpha value is -0.510. The fourth-order valence-electron chi connectivity index (χ4n) is 1.77. The second-order valence-corrected chi connectivity index (χ2v) is 6.52. The van der Waals surface area contributed by atoms with Crippen molar-refractivity contribution in [3.8, 4) is 0 Å². The van der Waals surface area contributed by atoms with E-state index in [1.807, 2.05) is 11.8 Å². The van der Waals surface area contributed by atoms with Gasteiger partial charge in [0.2, 0.25) is 0 Å². The van der Waals surface area contributed by atoms with Crippen LogP contribution in [0.15, 0.2) is 29.2 Å². The molecule has 3 heteroatoms. The van der Waals surface area contributed by atoms with Gasteiger partial charge in [0.15, 0.2) is 0 Å². The Morgan fingerprint density at radius 2 is 1.82 bits per heavy atom. The average Bonchev–Trinajstić information content (AvgIpc) is 2.30. The highest BCUT2D eigenvalue weighted by atomic mass is 32.2. The maximum Gasteiger partial charge on any atom is 0.0300 e. The van der Waals surface area contributed by atoms with E-state index in [1.54, 1.807) is 0 Å². The summed E-state index contributed by atoms with van der Waals surface area (Å²) in [4.78, 5) is 1.31. The standard InChI is InChI=1S/C14H24N2S/c1-4-17-12-7-5-11(6-8-12)13(16)9-14(2,3)10-15/h5-8,13H,4,9-10,15-16H2,1-3H3.